The summed E-state index contributed by atoms with van der Waals surface area (Å²) >= 11 is 0. The summed E-state index contributed by atoms with van der Waals surface area (Å²) in [5, 5.41) is 14.8. The highest BCUT2D eigenvalue weighted by Gasteiger charge is 2.37. The van der Waals surface area contributed by atoms with Crippen molar-refractivity contribution in [3.05, 3.63) is 117 Å². The molecule has 0 unspecified atom stereocenters. The van der Waals surface area contributed by atoms with Gasteiger partial charge in [-0.3, -0.25) is 25.0 Å². The van der Waals surface area contributed by atoms with E-state index in [2.05, 4.69) is 5.32 Å². The van der Waals surface area contributed by atoms with Crippen LogP contribution in [-0.4, -0.2) is 22.8 Å². The number of hydrogen-bond donors (Lipinski definition) is 1. The second kappa shape index (κ2) is 9.98. The van der Waals surface area contributed by atoms with E-state index in [0.717, 1.165) is 21.2 Å². The number of non-ortho nitro benzene ring substituents is 1. The van der Waals surface area contributed by atoms with Gasteiger partial charge in [0.15, 0.2) is 0 Å². The first-order valence-corrected chi connectivity index (χ1v) is 11.7. The van der Waals surface area contributed by atoms with E-state index in [1.807, 2.05) is 37.3 Å². The number of nitrogens with zero attached hydrogens (tertiary/aromatic N) is 2. The monoisotopic (exact) mass is 507 g/mol. The minimum atomic E-state index is -0.825. The number of aryl methyl sites for hydroxylation is 1. The number of imide groups is 2. The normalized spacial score (nSPS) is 14.6. The molecular formula is C29H21N3O6. The van der Waals surface area contributed by atoms with Crippen molar-refractivity contribution in [2.24, 2.45) is 0 Å². The first-order valence-electron chi connectivity index (χ1n) is 11.7. The van der Waals surface area contributed by atoms with E-state index in [0.29, 0.717) is 22.6 Å². The van der Waals surface area contributed by atoms with Crippen molar-refractivity contribution in [2.45, 2.75) is 13.5 Å². The van der Waals surface area contributed by atoms with Gasteiger partial charge in [-0.15, -0.1) is 0 Å². The van der Waals surface area contributed by atoms with Gasteiger partial charge in [-0.2, -0.15) is 0 Å². The summed E-state index contributed by atoms with van der Waals surface area (Å²) in [7, 11) is 0. The zero-order valence-corrected chi connectivity index (χ0v) is 20.2. The molecule has 0 aromatic heterocycles. The summed E-state index contributed by atoms with van der Waals surface area (Å²) in [6.45, 7) is 1.98. The van der Waals surface area contributed by atoms with Crippen LogP contribution in [0.2, 0.25) is 0 Å². The number of benzene rings is 4. The molecule has 4 aromatic carbocycles. The molecule has 1 saturated heterocycles. The van der Waals surface area contributed by atoms with Crippen molar-refractivity contribution < 1.29 is 24.0 Å². The highest BCUT2D eigenvalue weighted by Crippen LogP contribution is 2.32. The molecular weight excluding hydrogens is 486 g/mol. The Morgan fingerprint density at radius 3 is 2.34 bits per heavy atom. The van der Waals surface area contributed by atoms with E-state index < -0.39 is 22.8 Å². The second-order valence-electron chi connectivity index (χ2n) is 8.70. The number of anilines is 1. The molecule has 4 amide bonds. The smallest absolute Gasteiger partial charge is 0.335 e. The molecule has 1 aliphatic rings. The highest BCUT2D eigenvalue weighted by molar-refractivity contribution is 6.39. The minimum Gasteiger partial charge on any atom is -0.488 e. The SMILES string of the molecule is Cc1ccc(N2C(=O)NC(=O)/C(=C\c3c(OCc4ccc([N+](=O)[O-])cc4)ccc4ccccc34)C2=O)cc1. The number of urea groups is 1. The average molecular weight is 508 g/mol. The molecule has 1 N–H and O–H groups in total. The van der Waals surface area contributed by atoms with Gasteiger partial charge < -0.3 is 4.74 Å². The van der Waals surface area contributed by atoms with Crippen LogP contribution in [0.25, 0.3) is 16.8 Å². The van der Waals surface area contributed by atoms with E-state index in [4.69, 9.17) is 4.74 Å². The molecule has 0 radical (unpaired) electrons. The Morgan fingerprint density at radius 1 is 0.921 bits per heavy atom. The lowest BCUT2D eigenvalue weighted by Gasteiger charge is -2.26. The van der Waals surface area contributed by atoms with E-state index in [9.17, 15) is 24.5 Å². The molecule has 1 fully saturated rings. The van der Waals surface area contributed by atoms with Crippen molar-refractivity contribution in [1.82, 2.24) is 5.32 Å². The largest absolute Gasteiger partial charge is 0.488 e. The maximum atomic E-state index is 13.4. The van der Waals surface area contributed by atoms with Crippen LogP contribution in [0.5, 0.6) is 5.75 Å². The van der Waals surface area contributed by atoms with E-state index in [1.54, 1.807) is 42.5 Å². The molecule has 0 aliphatic carbocycles. The standard InChI is InChI=1S/C29H21N3O6/c1-18-6-11-21(12-7-18)31-28(34)25(27(33)30-29(31)35)16-24-23-5-3-2-4-20(23)10-15-26(24)38-17-19-8-13-22(14-9-19)32(36)37/h2-16H,17H2,1H3,(H,30,33,35)/b25-16+. The molecule has 9 nitrogen and oxygen atoms in total. The Bertz CT molecular complexity index is 1620. The van der Waals surface area contributed by atoms with Crippen LogP contribution in [0.1, 0.15) is 16.7 Å². The summed E-state index contributed by atoms with van der Waals surface area (Å²) in [5.74, 6) is -1.16. The zero-order chi connectivity index (χ0) is 26.8. The number of carbonyl (C=O) groups excluding carboxylic acids is 3. The lowest BCUT2D eigenvalue weighted by Crippen LogP contribution is -2.54. The predicted octanol–water partition coefficient (Wildman–Crippen LogP) is 5.30. The maximum Gasteiger partial charge on any atom is 0.335 e. The second-order valence-corrected chi connectivity index (χ2v) is 8.70. The van der Waals surface area contributed by atoms with Gasteiger partial charge in [0, 0.05) is 17.7 Å². The average Bonchev–Trinajstić information content (AvgIpc) is 2.91. The number of nitrogens with one attached hydrogen (secondary N) is 1. The Morgan fingerprint density at radius 2 is 1.63 bits per heavy atom. The Kier molecular flexibility index (Phi) is 6.40. The van der Waals surface area contributed by atoms with E-state index >= 15 is 0 Å². The summed E-state index contributed by atoms with van der Waals surface area (Å²) in [4.78, 5) is 50.2. The van der Waals surface area contributed by atoms with Crippen molar-refractivity contribution in [2.75, 3.05) is 4.90 Å². The first-order chi connectivity index (χ1) is 18.3. The quantitative estimate of drug-likeness (QED) is 0.164. The van der Waals surface area contributed by atoms with Crippen LogP contribution in [0.3, 0.4) is 0 Å². The maximum absolute atomic E-state index is 13.4. The molecule has 1 heterocycles. The van der Waals surface area contributed by atoms with Gasteiger partial charge in [0.2, 0.25) is 0 Å². The fourth-order valence-electron chi connectivity index (χ4n) is 4.16. The third kappa shape index (κ3) is 4.72. The number of fused-ring (bicyclic) bond motifs is 1. The molecule has 0 spiro atoms. The molecule has 4 aromatic rings. The fourth-order valence-corrected chi connectivity index (χ4v) is 4.16. The molecule has 9 heteroatoms. The van der Waals surface area contributed by atoms with Gasteiger partial charge >= 0.3 is 6.03 Å². The number of rotatable bonds is 6. The third-order valence-electron chi connectivity index (χ3n) is 6.15. The molecule has 1 aliphatic heterocycles. The number of nitro benzene ring substituents is 1. The van der Waals surface area contributed by atoms with Gasteiger partial charge in [0.05, 0.1) is 10.6 Å². The van der Waals surface area contributed by atoms with Crippen molar-refractivity contribution in [1.29, 1.82) is 0 Å². The van der Waals surface area contributed by atoms with Crippen molar-refractivity contribution in [3.63, 3.8) is 0 Å². The van der Waals surface area contributed by atoms with Crippen molar-refractivity contribution in [3.8, 4) is 5.75 Å². The van der Waals surface area contributed by atoms with Crippen LogP contribution >= 0.6 is 0 Å². The molecule has 38 heavy (non-hydrogen) atoms. The Hall–Kier alpha value is -5.31. The number of carbonyl (C=O) groups is 3. The van der Waals surface area contributed by atoms with Crippen LogP contribution in [0, 0.1) is 17.0 Å². The Labute approximate surface area is 217 Å². The highest BCUT2D eigenvalue weighted by atomic mass is 16.6. The van der Waals surface area contributed by atoms with Gasteiger partial charge in [0.1, 0.15) is 17.9 Å². The van der Waals surface area contributed by atoms with Crippen LogP contribution in [0.15, 0.2) is 90.5 Å². The minimum absolute atomic E-state index is 0.0284. The third-order valence-corrected chi connectivity index (χ3v) is 6.15. The van der Waals surface area contributed by atoms with E-state index in [1.165, 1.54) is 18.2 Å². The number of ether oxygens (including phenoxy) is 1. The van der Waals surface area contributed by atoms with Gasteiger partial charge in [0.25, 0.3) is 17.5 Å². The lowest BCUT2D eigenvalue weighted by atomic mass is 9.99. The number of barbiturate groups is 1. The summed E-state index contributed by atoms with van der Waals surface area (Å²) < 4.78 is 6.05. The predicted molar refractivity (Wildman–Crippen MR) is 142 cm³/mol. The summed E-state index contributed by atoms with van der Waals surface area (Å²) in [5.41, 5.74) is 2.23. The topological polar surface area (TPSA) is 119 Å². The number of hydrogen-bond acceptors (Lipinski definition) is 6. The Balaban J connectivity index is 1.54. The molecule has 188 valence electrons. The van der Waals surface area contributed by atoms with Crippen LogP contribution in [0.4, 0.5) is 16.2 Å². The molecule has 0 saturated carbocycles. The lowest BCUT2D eigenvalue weighted by molar-refractivity contribution is -0.384. The fraction of sp³-hybridized carbons (Fsp3) is 0.0690. The summed E-state index contributed by atoms with van der Waals surface area (Å²) in [6.07, 6.45) is 1.43. The van der Waals surface area contributed by atoms with Gasteiger partial charge in [-0.05, 0) is 59.7 Å². The number of amides is 4. The first kappa shape index (κ1) is 24.4. The molecule has 0 bridgehead atoms. The van der Waals surface area contributed by atoms with Crippen LogP contribution in [-0.2, 0) is 16.2 Å². The van der Waals surface area contributed by atoms with Gasteiger partial charge in [-0.25, -0.2) is 9.69 Å². The van der Waals surface area contributed by atoms with Crippen LogP contribution < -0.4 is 15.0 Å². The van der Waals surface area contributed by atoms with E-state index in [-0.39, 0.29) is 17.9 Å². The molecule has 5 rings (SSSR count). The summed E-state index contributed by atoms with van der Waals surface area (Å²) in [6, 6.07) is 23.0. The molecule has 0 atom stereocenters. The van der Waals surface area contributed by atoms with Gasteiger partial charge in [-0.1, -0.05) is 48.0 Å². The van der Waals surface area contributed by atoms with Crippen molar-refractivity contribution >= 4 is 46.1 Å². The zero-order valence-electron chi connectivity index (χ0n) is 20.2. The number of nitro groups is 1.